The number of nitrogens with two attached hydrogens (primary N) is 1. The third-order valence-electron chi connectivity index (χ3n) is 5.81. The lowest BCUT2D eigenvalue weighted by atomic mass is 9.97. The number of ether oxygens (including phenoxy) is 2. The van der Waals surface area contributed by atoms with Gasteiger partial charge in [0.2, 0.25) is 5.95 Å². The largest absolute Gasteiger partial charge is 0.586 e. The summed E-state index contributed by atoms with van der Waals surface area (Å²) in [6, 6.07) is 9.44. The predicted octanol–water partition coefficient (Wildman–Crippen LogP) is 3.70. The summed E-state index contributed by atoms with van der Waals surface area (Å²) in [7, 11) is 0. The molecular weight excluding hydrogens is 425 g/mol. The molecule has 0 saturated carbocycles. The lowest BCUT2D eigenvalue weighted by Crippen LogP contribution is -2.34. The van der Waals surface area contributed by atoms with Crippen molar-refractivity contribution in [2.45, 2.75) is 25.1 Å². The number of benzene rings is 2. The van der Waals surface area contributed by atoms with Crippen LogP contribution in [0.15, 0.2) is 36.4 Å². The minimum atomic E-state index is -3.76. The van der Waals surface area contributed by atoms with Crippen molar-refractivity contribution in [2.75, 3.05) is 23.7 Å². The summed E-state index contributed by atoms with van der Waals surface area (Å²) in [5.74, 6) is -0.0334. The first-order chi connectivity index (χ1) is 15.4. The van der Waals surface area contributed by atoms with E-state index in [0.717, 1.165) is 25.1 Å². The molecule has 0 aliphatic carbocycles. The molecule has 2 aliphatic rings. The van der Waals surface area contributed by atoms with Gasteiger partial charge in [-0.25, -0.2) is 14.4 Å². The molecule has 0 radical (unpaired) electrons. The quantitative estimate of drug-likeness (QED) is 0.506. The molecule has 1 atom stereocenters. The number of hydrogen-bond donors (Lipinski definition) is 1. The normalized spacial score (nSPS) is 19.7. The van der Waals surface area contributed by atoms with Crippen LogP contribution in [0.25, 0.3) is 16.6 Å². The van der Waals surface area contributed by atoms with Gasteiger partial charge in [0.25, 0.3) is 0 Å². The van der Waals surface area contributed by atoms with Gasteiger partial charge < -0.3 is 20.1 Å². The Labute approximate surface area is 179 Å². The molecule has 1 unspecified atom stereocenters. The average molecular weight is 442 g/mol. The fourth-order valence-electron chi connectivity index (χ4n) is 4.38. The van der Waals surface area contributed by atoms with Gasteiger partial charge in [0, 0.05) is 30.1 Å². The minimum Gasteiger partial charge on any atom is -0.395 e. The third-order valence-corrected chi connectivity index (χ3v) is 5.81. The Hall–Kier alpha value is -3.76. The van der Waals surface area contributed by atoms with Crippen LogP contribution >= 0.6 is 0 Å². The summed E-state index contributed by atoms with van der Waals surface area (Å²) < 4.78 is 51.3. The summed E-state index contributed by atoms with van der Waals surface area (Å²) in [5.41, 5.74) is 7.41. The summed E-state index contributed by atoms with van der Waals surface area (Å²) in [5, 5.41) is 5.02. The Kier molecular flexibility index (Phi) is 3.92. The fraction of sp³-hybridized carbons (Fsp3) is 0.286. The van der Waals surface area contributed by atoms with Crippen molar-refractivity contribution in [3.05, 3.63) is 48.0 Å². The molecule has 1 fully saturated rings. The zero-order chi connectivity index (χ0) is 22.0. The Morgan fingerprint density at radius 1 is 1.12 bits per heavy atom. The number of hydrogen-bond acceptors (Lipinski definition) is 7. The molecule has 8 nitrogen and oxygen atoms in total. The maximum Gasteiger partial charge on any atom is 0.586 e. The number of nitrogens with zero attached hydrogens (tertiary/aromatic N) is 5. The van der Waals surface area contributed by atoms with Gasteiger partial charge in [-0.15, -0.1) is 13.9 Å². The van der Waals surface area contributed by atoms with Gasteiger partial charge in [-0.05, 0) is 43.2 Å². The lowest BCUT2D eigenvalue weighted by Gasteiger charge is -2.33. The smallest absolute Gasteiger partial charge is 0.395 e. The SMILES string of the molecule is Nc1nc2c3c(ccc2c2nc(C4CCCN(c5cccc(F)c5)C4)nn12)OC(F)(F)O3. The van der Waals surface area contributed by atoms with E-state index in [4.69, 9.17) is 5.73 Å². The first-order valence-electron chi connectivity index (χ1n) is 10.1. The van der Waals surface area contributed by atoms with E-state index in [0.29, 0.717) is 23.4 Å². The highest BCUT2D eigenvalue weighted by Gasteiger charge is 2.45. The van der Waals surface area contributed by atoms with E-state index in [2.05, 4.69) is 29.4 Å². The Balaban J connectivity index is 1.40. The second-order valence-corrected chi connectivity index (χ2v) is 7.90. The van der Waals surface area contributed by atoms with Gasteiger partial charge in [0.1, 0.15) is 11.3 Å². The minimum absolute atomic E-state index is 0.00346. The second kappa shape index (κ2) is 6.62. The van der Waals surface area contributed by atoms with Gasteiger partial charge in [0.05, 0.1) is 0 Å². The zero-order valence-corrected chi connectivity index (χ0v) is 16.6. The molecule has 2 N–H and O–H groups in total. The molecule has 1 saturated heterocycles. The van der Waals surface area contributed by atoms with Crippen molar-refractivity contribution < 1.29 is 22.6 Å². The molecule has 2 aromatic carbocycles. The predicted molar refractivity (Wildman–Crippen MR) is 109 cm³/mol. The molecule has 32 heavy (non-hydrogen) atoms. The highest BCUT2D eigenvalue weighted by Crippen LogP contribution is 2.45. The molecule has 0 spiro atoms. The molecule has 2 aliphatic heterocycles. The van der Waals surface area contributed by atoms with Crippen LogP contribution in [-0.2, 0) is 0 Å². The van der Waals surface area contributed by atoms with E-state index in [1.54, 1.807) is 12.1 Å². The van der Waals surface area contributed by atoms with Crippen molar-refractivity contribution >= 4 is 28.2 Å². The molecular formula is C21H17F3N6O2. The molecule has 164 valence electrons. The van der Waals surface area contributed by atoms with Crippen LogP contribution in [0.4, 0.5) is 24.8 Å². The summed E-state index contributed by atoms with van der Waals surface area (Å²) in [6.45, 7) is 1.42. The number of alkyl halides is 2. The Morgan fingerprint density at radius 2 is 2.00 bits per heavy atom. The van der Waals surface area contributed by atoms with Crippen LogP contribution in [0, 0.1) is 5.82 Å². The molecule has 11 heteroatoms. The molecule has 4 aromatic rings. The van der Waals surface area contributed by atoms with E-state index in [9.17, 15) is 13.2 Å². The van der Waals surface area contributed by atoms with Gasteiger partial charge >= 0.3 is 6.29 Å². The van der Waals surface area contributed by atoms with Crippen molar-refractivity contribution in [1.29, 1.82) is 0 Å². The zero-order valence-electron chi connectivity index (χ0n) is 16.6. The number of rotatable bonds is 2. The van der Waals surface area contributed by atoms with E-state index >= 15 is 0 Å². The van der Waals surface area contributed by atoms with Crippen LogP contribution in [-0.4, -0.2) is 39.0 Å². The van der Waals surface area contributed by atoms with E-state index in [1.165, 1.54) is 22.7 Å². The molecule has 0 bridgehead atoms. The lowest BCUT2D eigenvalue weighted by molar-refractivity contribution is -0.286. The highest BCUT2D eigenvalue weighted by molar-refractivity contribution is 5.97. The summed E-state index contributed by atoms with van der Waals surface area (Å²) in [4.78, 5) is 11.0. The number of aromatic nitrogens is 4. The van der Waals surface area contributed by atoms with E-state index < -0.39 is 6.29 Å². The van der Waals surface area contributed by atoms with Crippen molar-refractivity contribution in [2.24, 2.45) is 0 Å². The van der Waals surface area contributed by atoms with Gasteiger partial charge in [-0.2, -0.15) is 4.52 Å². The van der Waals surface area contributed by atoms with Gasteiger partial charge in [-0.1, -0.05) is 6.07 Å². The summed E-state index contributed by atoms with van der Waals surface area (Å²) >= 11 is 0. The molecule has 6 rings (SSSR count). The van der Waals surface area contributed by atoms with E-state index in [1.807, 2.05) is 6.07 Å². The number of nitrogen functional groups attached to an aromatic ring is 1. The van der Waals surface area contributed by atoms with Crippen LogP contribution in [0.3, 0.4) is 0 Å². The Bertz CT molecular complexity index is 1370. The maximum atomic E-state index is 13.7. The number of anilines is 2. The van der Waals surface area contributed by atoms with Crippen LogP contribution in [0.1, 0.15) is 24.6 Å². The highest BCUT2D eigenvalue weighted by atomic mass is 19.3. The number of halogens is 3. The topological polar surface area (TPSA) is 90.8 Å². The standard InChI is InChI=1S/C21H17F3N6O2/c22-12-4-1-5-13(9-12)29-8-2-3-11(10-29)18-27-19-14-6-7-15-17(32-21(23,24)31-15)16(14)26-20(25)30(19)28-18/h1,4-7,9,11H,2-3,8,10H2,(H2,25,26). The van der Waals surface area contributed by atoms with Crippen LogP contribution < -0.4 is 20.1 Å². The molecule has 2 aromatic heterocycles. The summed E-state index contributed by atoms with van der Waals surface area (Å²) in [6.07, 6.45) is -2.02. The van der Waals surface area contributed by atoms with Gasteiger partial charge in [0.15, 0.2) is 23.0 Å². The number of piperidine rings is 1. The van der Waals surface area contributed by atoms with Crippen LogP contribution in [0.2, 0.25) is 0 Å². The average Bonchev–Trinajstić information content (AvgIpc) is 3.35. The second-order valence-electron chi connectivity index (χ2n) is 7.90. The Morgan fingerprint density at radius 3 is 2.84 bits per heavy atom. The molecule has 4 heterocycles. The fourth-order valence-corrected chi connectivity index (χ4v) is 4.38. The maximum absolute atomic E-state index is 13.7. The first kappa shape index (κ1) is 19.0. The third kappa shape index (κ3) is 2.95. The van der Waals surface area contributed by atoms with Gasteiger partial charge in [-0.3, -0.25) is 0 Å². The first-order valence-corrected chi connectivity index (χ1v) is 10.1. The monoisotopic (exact) mass is 442 g/mol. The van der Waals surface area contributed by atoms with E-state index in [-0.39, 0.29) is 34.7 Å². The van der Waals surface area contributed by atoms with Crippen molar-refractivity contribution in [3.8, 4) is 11.5 Å². The van der Waals surface area contributed by atoms with Crippen molar-refractivity contribution in [3.63, 3.8) is 0 Å². The van der Waals surface area contributed by atoms with Crippen LogP contribution in [0.5, 0.6) is 11.5 Å². The molecule has 0 amide bonds. The van der Waals surface area contributed by atoms with Crippen molar-refractivity contribution in [1.82, 2.24) is 19.6 Å². The number of fused-ring (bicyclic) bond motifs is 5.